The number of ether oxygens (including phenoxy) is 1. The van der Waals surface area contributed by atoms with Crippen LogP contribution in [0.1, 0.15) is 36.5 Å². The van der Waals surface area contributed by atoms with Gasteiger partial charge < -0.3 is 15.4 Å². The molecule has 1 saturated heterocycles. The number of nitrogens with zero attached hydrogens (tertiary/aromatic N) is 2. The van der Waals surface area contributed by atoms with Crippen LogP contribution in [0.4, 0.5) is 0 Å². The van der Waals surface area contributed by atoms with Gasteiger partial charge in [0.25, 0.3) is 0 Å². The maximum Gasteiger partial charge on any atom is 0.109 e. The number of aromatic nitrogens is 1. The van der Waals surface area contributed by atoms with Crippen molar-refractivity contribution in [2.45, 2.75) is 32.4 Å². The van der Waals surface area contributed by atoms with Crippen molar-refractivity contribution in [3.63, 3.8) is 0 Å². The van der Waals surface area contributed by atoms with Crippen molar-refractivity contribution < 1.29 is 4.74 Å². The molecule has 0 spiro atoms. The van der Waals surface area contributed by atoms with Crippen LogP contribution < -0.4 is 5.73 Å². The molecular formula is C13H23N3OS. The molecule has 0 aromatic carbocycles. The summed E-state index contributed by atoms with van der Waals surface area (Å²) in [7, 11) is 2.17. The minimum Gasteiger partial charge on any atom is -0.381 e. The number of hydrogen-bond acceptors (Lipinski definition) is 5. The van der Waals surface area contributed by atoms with Crippen molar-refractivity contribution in [2.24, 2.45) is 11.7 Å². The highest BCUT2D eigenvalue weighted by Gasteiger charge is 2.16. The van der Waals surface area contributed by atoms with Crippen LogP contribution in [0.15, 0.2) is 5.38 Å². The zero-order valence-corrected chi connectivity index (χ0v) is 12.1. The number of rotatable bonds is 5. The third-order valence-electron chi connectivity index (χ3n) is 3.30. The molecule has 18 heavy (non-hydrogen) atoms. The summed E-state index contributed by atoms with van der Waals surface area (Å²) < 4.78 is 5.39. The summed E-state index contributed by atoms with van der Waals surface area (Å²) in [6.07, 6.45) is 2.37. The largest absolute Gasteiger partial charge is 0.381 e. The van der Waals surface area contributed by atoms with Crippen molar-refractivity contribution >= 4 is 11.3 Å². The number of hydrogen-bond donors (Lipinski definition) is 1. The minimum atomic E-state index is 0.0459. The minimum absolute atomic E-state index is 0.0459. The van der Waals surface area contributed by atoms with E-state index in [1.165, 1.54) is 12.8 Å². The van der Waals surface area contributed by atoms with Crippen LogP contribution in [-0.4, -0.2) is 36.7 Å². The monoisotopic (exact) mass is 269 g/mol. The Morgan fingerprint density at radius 2 is 2.28 bits per heavy atom. The van der Waals surface area contributed by atoms with Crippen molar-refractivity contribution in [3.05, 3.63) is 16.1 Å². The highest BCUT2D eigenvalue weighted by Crippen LogP contribution is 2.19. The summed E-state index contributed by atoms with van der Waals surface area (Å²) in [6.45, 7) is 5.87. The molecule has 5 heteroatoms. The zero-order valence-electron chi connectivity index (χ0n) is 11.3. The van der Waals surface area contributed by atoms with Gasteiger partial charge in [-0.2, -0.15) is 0 Å². The average Bonchev–Trinajstić information content (AvgIpc) is 2.78. The Balaban J connectivity index is 1.80. The predicted molar refractivity (Wildman–Crippen MR) is 74.6 cm³/mol. The maximum absolute atomic E-state index is 5.83. The summed E-state index contributed by atoms with van der Waals surface area (Å²) in [5, 5.41) is 3.16. The fourth-order valence-electron chi connectivity index (χ4n) is 2.32. The molecule has 102 valence electrons. The van der Waals surface area contributed by atoms with Crippen molar-refractivity contribution in [1.29, 1.82) is 0 Å². The van der Waals surface area contributed by atoms with Gasteiger partial charge in [0.05, 0.1) is 11.7 Å². The molecule has 0 bridgehead atoms. The van der Waals surface area contributed by atoms with Gasteiger partial charge in [-0.3, -0.25) is 0 Å². The standard InChI is InChI=1S/C13H23N3OS/c1-10(14)13-15-12(9-18-13)8-16(2)7-11-3-5-17-6-4-11/h9-11H,3-8,14H2,1-2H3. The van der Waals surface area contributed by atoms with Crippen LogP contribution in [0.3, 0.4) is 0 Å². The molecule has 0 radical (unpaired) electrons. The Bertz CT molecular complexity index is 361. The Hall–Kier alpha value is -0.490. The van der Waals surface area contributed by atoms with E-state index in [0.717, 1.165) is 42.9 Å². The molecule has 2 N–H and O–H groups in total. The molecule has 1 aromatic heterocycles. The molecule has 2 heterocycles. The highest BCUT2D eigenvalue weighted by atomic mass is 32.1. The Morgan fingerprint density at radius 3 is 2.89 bits per heavy atom. The van der Waals surface area contributed by atoms with Crippen LogP contribution in [0.2, 0.25) is 0 Å². The van der Waals surface area contributed by atoms with E-state index in [2.05, 4.69) is 22.3 Å². The van der Waals surface area contributed by atoms with Gasteiger partial charge in [-0.25, -0.2) is 4.98 Å². The smallest absolute Gasteiger partial charge is 0.109 e. The molecule has 1 fully saturated rings. The molecule has 1 aromatic rings. The van der Waals surface area contributed by atoms with Gasteiger partial charge in [0.15, 0.2) is 0 Å². The lowest BCUT2D eigenvalue weighted by Gasteiger charge is -2.26. The molecule has 0 aliphatic carbocycles. The van der Waals surface area contributed by atoms with Crippen LogP contribution in [0, 0.1) is 5.92 Å². The lowest BCUT2D eigenvalue weighted by Crippen LogP contribution is -2.29. The predicted octanol–water partition coefficient (Wildman–Crippen LogP) is 2.02. The van der Waals surface area contributed by atoms with Gasteiger partial charge >= 0.3 is 0 Å². The molecular weight excluding hydrogens is 246 g/mol. The lowest BCUT2D eigenvalue weighted by molar-refractivity contribution is 0.0548. The van der Waals surface area contributed by atoms with E-state index in [1.54, 1.807) is 11.3 Å². The van der Waals surface area contributed by atoms with Crippen molar-refractivity contribution in [3.8, 4) is 0 Å². The van der Waals surface area contributed by atoms with Crippen LogP contribution >= 0.6 is 11.3 Å². The topological polar surface area (TPSA) is 51.4 Å². The molecule has 4 nitrogen and oxygen atoms in total. The molecule has 1 unspecified atom stereocenters. The molecule has 1 aliphatic rings. The third kappa shape index (κ3) is 4.02. The van der Waals surface area contributed by atoms with Crippen LogP contribution in [0.5, 0.6) is 0 Å². The van der Waals surface area contributed by atoms with E-state index < -0.39 is 0 Å². The van der Waals surface area contributed by atoms with E-state index in [1.807, 2.05) is 6.92 Å². The first kappa shape index (κ1) is 13.9. The van der Waals surface area contributed by atoms with Gasteiger partial charge in [-0.15, -0.1) is 11.3 Å². The van der Waals surface area contributed by atoms with E-state index in [0.29, 0.717) is 0 Å². The van der Waals surface area contributed by atoms with E-state index in [9.17, 15) is 0 Å². The zero-order chi connectivity index (χ0) is 13.0. The van der Waals surface area contributed by atoms with Crippen molar-refractivity contribution in [1.82, 2.24) is 9.88 Å². The maximum atomic E-state index is 5.83. The number of thiazole rings is 1. The molecule has 1 aliphatic heterocycles. The van der Waals surface area contributed by atoms with Gasteiger partial charge in [-0.05, 0) is 32.7 Å². The van der Waals surface area contributed by atoms with Gasteiger partial charge in [0.2, 0.25) is 0 Å². The Labute approximate surface area is 113 Å². The first-order chi connectivity index (χ1) is 8.65. The molecule has 0 amide bonds. The quantitative estimate of drug-likeness (QED) is 0.888. The summed E-state index contributed by atoms with van der Waals surface area (Å²) in [5.74, 6) is 0.773. The average molecular weight is 269 g/mol. The van der Waals surface area contributed by atoms with E-state index >= 15 is 0 Å². The van der Waals surface area contributed by atoms with Crippen LogP contribution in [0.25, 0.3) is 0 Å². The summed E-state index contributed by atoms with van der Waals surface area (Å²) in [4.78, 5) is 6.93. The van der Waals surface area contributed by atoms with E-state index in [-0.39, 0.29) is 6.04 Å². The summed E-state index contributed by atoms with van der Waals surface area (Å²) in [5.41, 5.74) is 6.97. The van der Waals surface area contributed by atoms with E-state index in [4.69, 9.17) is 10.5 Å². The normalized spacial score (nSPS) is 19.3. The second-order valence-electron chi connectivity index (χ2n) is 5.22. The second-order valence-corrected chi connectivity index (χ2v) is 6.11. The SMILES string of the molecule is CC(N)c1nc(CN(C)CC2CCOCC2)cs1. The molecule has 0 saturated carbocycles. The molecule has 2 rings (SSSR count). The van der Waals surface area contributed by atoms with Gasteiger partial charge in [-0.1, -0.05) is 0 Å². The van der Waals surface area contributed by atoms with Crippen LogP contribution in [-0.2, 0) is 11.3 Å². The first-order valence-electron chi connectivity index (χ1n) is 6.61. The molecule has 1 atom stereocenters. The Kier molecular flexibility index (Phi) is 5.12. The van der Waals surface area contributed by atoms with Gasteiger partial charge in [0, 0.05) is 31.7 Å². The highest BCUT2D eigenvalue weighted by molar-refractivity contribution is 7.09. The fourth-order valence-corrected chi connectivity index (χ4v) is 3.08. The second kappa shape index (κ2) is 6.61. The summed E-state index contributed by atoms with van der Waals surface area (Å²) >= 11 is 1.66. The first-order valence-corrected chi connectivity index (χ1v) is 7.49. The Morgan fingerprint density at radius 1 is 1.56 bits per heavy atom. The lowest BCUT2D eigenvalue weighted by atomic mass is 10.00. The summed E-state index contributed by atoms with van der Waals surface area (Å²) in [6, 6.07) is 0.0459. The third-order valence-corrected chi connectivity index (χ3v) is 4.40. The van der Waals surface area contributed by atoms with Crippen molar-refractivity contribution in [2.75, 3.05) is 26.8 Å². The number of nitrogens with two attached hydrogens (primary N) is 1. The fraction of sp³-hybridized carbons (Fsp3) is 0.769. The van der Waals surface area contributed by atoms with Gasteiger partial charge in [0.1, 0.15) is 5.01 Å².